The third-order valence-electron chi connectivity index (χ3n) is 8.63. The van der Waals surface area contributed by atoms with Gasteiger partial charge in [0.2, 0.25) is 0 Å². The molecule has 4 saturated heterocycles. The second-order valence-electron chi connectivity index (χ2n) is 15.4. The van der Waals surface area contributed by atoms with Gasteiger partial charge in [-0.15, -0.1) is 0 Å². The van der Waals surface area contributed by atoms with Crippen molar-refractivity contribution < 1.29 is 18.9 Å². The fourth-order valence-corrected chi connectivity index (χ4v) is 5.01. The Kier molecular flexibility index (Phi) is 47.4. The topological polar surface area (TPSA) is 74.9 Å². The van der Waals surface area contributed by atoms with Crippen LogP contribution in [0.15, 0.2) is 0 Å². The monoisotopic (exact) mass is 766 g/mol. The van der Waals surface area contributed by atoms with Crippen LogP contribution in [0.5, 0.6) is 0 Å². The zero-order chi connectivity index (χ0) is 40.5. The fourth-order valence-electron chi connectivity index (χ4n) is 5.01. The van der Waals surface area contributed by atoms with Gasteiger partial charge in [-0.1, -0.05) is 12.8 Å². The van der Waals surface area contributed by atoms with E-state index < -0.39 is 0 Å². The normalized spacial score (nSPS) is 18.7. The van der Waals surface area contributed by atoms with E-state index in [0.717, 1.165) is 78.8 Å². The summed E-state index contributed by atoms with van der Waals surface area (Å²) in [6, 6.07) is 0. The van der Waals surface area contributed by atoms with Gasteiger partial charge in [-0.2, -0.15) is 0 Å². The van der Waals surface area contributed by atoms with Crippen molar-refractivity contribution in [1.29, 1.82) is 0 Å². The summed E-state index contributed by atoms with van der Waals surface area (Å²) in [6.07, 6.45) is 8.45. The number of piperazine rings is 1. The molecule has 0 aromatic carbocycles. The summed E-state index contributed by atoms with van der Waals surface area (Å²) in [7, 11) is 27.9. The van der Waals surface area contributed by atoms with E-state index in [0.29, 0.717) is 0 Å². The lowest BCUT2D eigenvalue weighted by molar-refractivity contribution is 0.0503. The minimum atomic E-state index is 0.826. The van der Waals surface area contributed by atoms with Gasteiger partial charge in [0.05, 0.1) is 33.0 Å². The van der Waals surface area contributed by atoms with Crippen LogP contribution in [0.25, 0.3) is 0 Å². The molecule has 0 amide bonds. The molecule has 324 valence electrons. The highest BCUT2D eigenvalue weighted by Crippen LogP contribution is 2.07. The molecule has 1 N–H and O–H groups in total. The first kappa shape index (κ1) is 56.8. The minimum Gasteiger partial charge on any atom is -0.383 e. The maximum absolute atomic E-state index is 5.10. The number of nitrogens with one attached hydrogen (secondary N) is 1. The molecule has 53 heavy (non-hydrogen) atoms. The summed E-state index contributed by atoms with van der Waals surface area (Å²) in [5, 5.41) is 3.06. The standard InChI is InChI=1S/C8H18N2O.C8H17NO.C6H13N.C5H14N2.C5H11NO.C5H13NO.C3H9N/c1-9-3-5-10(6-4-9)7-8-11-2;1-10-8-7-9-5-3-2-4-6-9;1-7-5-3-2-4-6-7;1-6-4-5-7(2)3;1-6-2-4-7-5-3-6;1-6(2)4-5-7-3;1-4(2)3/h3-8H2,1-2H3;2-8H2,1H3;2-6H2,1H3;6H,4-5H2,1-3H3;2-5H2,1H3;4-5H2,1-3H3;1-3H3. The van der Waals surface area contributed by atoms with Gasteiger partial charge in [-0.3, -0.25) is 4.90 Å². The Labute approximate surface area is 331 Å². The van der Waals surface area contributed by atoms with Gasteiger partial charge in [-0.25, -0.2) is 0 Å². The Morgan fingerprint density at radius 2 is 0.868 bits per heavy atom. The Bertz CT molecular complexity index is 625. The largest absolute Gasteiger partial charge is 0.383 e. The molecule has 0 unspecified atom stereocenters. The van der Waals surface area contributed by atoms with Gasteiger partial charge in [0, 0.05) is 93.3 Å². The Morgan fingerprint density at radius 1 is 0.491 bits per heavy atom. The molecule has 13 nitrogen and oxygen atoms in total. The van der Waals surface area contributed by atoms with Crippen LogP contribution in [0.3, 0.4) is 0 Å². The fraction of sp³-hybridized carbons (Fsp3) is 1.00. The average Bonchev–Trinajstić information content (AvgIpc) is 3.14. The van der Waals surface area contributed by atoms with Crippen LogP contribution in [0, 0.1) is 0 Å². The van der Waals surface area contributed by atoms with Crippen LogP contribution in [0.2, 0.25) is 0 Å². The number of rotatable bonds is 12. The summed E-state index contributed by atoms with van der Waals surface area (Å²) in [5.41, 5.74) is 0. The molecular weight excluding hydrogens is 670 g/mol. The molecule has 0 atom stereocenters. The average molecular weight is 766 g/mol. The predicted molar refractivity (Wildman–Crippen MR) is 230 cm³/mol. The maximum Gasteiger partial charge on any atom is 0.0594 e. The molecule has 0 bridgehead atoms. The number of ether oxygens (including phenoxy) is 4. The molecule has 0 saturated carbocycles. The van der Waals surface area contributed by atoms with E-state index in [1.54, 1.807) is 21.3 Å². The van der Waals surface area contributed by atoms with Crippen LogP contribution in [0.1, 0.15) is 38.5 Å². The van der Waals surface area contributed by atoms with E-state index in [-0.39, 0.29) is 0 Å². The molecule has 0 aromatic heterocycles. The third-order valence-corrected chi connectivity index (χ3v) is 8.63. The van der Waals surface area contributed by atoms with Crippen molar-refractivity contribution in [3.63, 3.8) is 0 Å². The summed E-state index contributed by atoms with van der Waals surface area (Å²) in [6.45, 7) is 22.0. The molecule has 4 rings (SSSR count). The molecule has 0 aliphatic carbocycles. The number of nitrogens with zero attached hydrogens (tertiary/aromatic N) is 8. The number of hydrogen-bond acceptors (Lipinski definition) is 13. The SMILES string of the molecule is CN(C)C.CN1CCCCC1.CN1CCOCC1.CNCCN(C)C.COCCN(C)C.COCCN1CCCCC1.COCCN1CCN(C)CC1. The second-order valence-corrected chi connectivity index (χ2v) is 15.4. The number of methoxy groups -OCH3 is 3. The van der Waals surface area contributed by atoms with E-state index in [1.165, 1.54) is 90.9 Å². The Hall–Kier alpha value is -0.520. The summed E-state index contributed by atoms with van der Waals surface area (Å²) < 4.78 is 19.9. The van der Waals surface area contributed by atoms with Crippen molar-refractivity contribution >= 4 is 0 Å². The maximum atomic E-state index is 5.10. The molecule has 13 heteroatoms. The van der Waals surface area contributed by atoms with Gasteiger partial charge in [0.1, 0.15) is 0 Å². The quantitative estimate of drug-likeness (QED) is 0.316. The lowest BCUT2D eigenvalue weighted by Gasteiger charge is -2.31. The van der Waals surface area contributed by atoms with E-state index in [2.05, 4.69) is 74.9 Å². The lowest BCUT2D eigenvalue weighted by atomic mass is 10.1. The highest BCUT2D eigenvalue weighted by molar-refractivity contribution is 4.68. The first-order valence-corrected chi connectivity index (χ1v) is 20.4. The first-order valence-electron chi connectivity index (χ1n) is 20.4. The first-order chi connectivity index (χ1) is 25.3. The van der Waals surface area contributed by atoms with E-state index in [9.17, 15) is 0 Å². The van der Waals surface area contributed by atoms with Crippen molar-refractivity contribution in [3.05, 3.63) is 0 Å². The Morgan fingerprint density at radius 3 is 1.15 bits per heavy atom. The molecule has 4 aliphatic rings. The highest BCUT2D eigenvalue weighted by Gasteiger charge is 2.12. The van der Waals surface area contributed by atoms with Crippen LogP contribution in [-0.4, -0.2) is 269 Å². The van der Waals surface area contributed by atoms with E-state index >= 15 is 0 Å². The lowest BCUT2D eigenvalue weighted by Crippen LogP contribution is -2.45. The van der Waals surface area contributed by atoms with Crippen molar-refractivity contribution in [1.82, 2.24) is 44.5 Å². The van der Waals surface area contributed by atoms with Crippen molar-refractivity contribution in [2.45, 2.75) is 38.5 Å². The predicted octanol–water partition coefficient (Wildman–Crippen LogP) is 2.19. The van der Waals surface area contributed by atoms with Crippen molar-refractivity contribution in [2.75, 3.05) is 230 Å². The van der Waals surface area contributed by atoms with Gasteiger partial charge in [0.15, 0.2) is 0 Å². The number of likely N-dealkylation sites (N-methyl/N-ethyl adjacent to an activating group) is 5. The molecular formula is C40H95N9O4. The van der Waals surface area contributed by atoms with Gasteiger partial charge >= 0.3 is 0 Å². The van der Waals surface area contributed by atoms with Crippen LogP contribution in [-0.2, 0) is 18.9 Å². The molecule has 4 heterocycles. The zero-order valence-corrected chi connectivity index (χ0v) is 38.1. The number of piperidine rings is 2. The number of likely N-dealkylation sites (tertiary alicyclic amines) is 2. The summed E-state index contributed by atoms with van der Waals surface area (Å²) in [4.78, 5) is 18.2. The third kappa shape index (κ3) is 51.5. The van der Waals surface area contributed by atoms with Crippen molar-refractivity contribution in [2.24, 2.45) is 0 Å². The van der Waals surface area contributed by atoms with Crippen LogP contribution < -0.4 is 5.32 Å². The summed E-state index contributed by atoms with van der Waals surface area (Å²) in [5.74, 6) is 0. The minimum absolute atomic E-state index is 0.826. The van der Waals surface area contributed by atoms with Gasteiger partial charge in [-0.05, 0) is 129 Å². The smallest absolute Gasteiger partial charge is 0.0594 e. The zero-order valence-electron chi connectivity index (χ0n) is 38.1. The molecule has 4 fully saturated rings. The van der Waals surface area contributed by atoms with Gasteiger partial charge in [0.25, 0.3) is 0 Å². The summed E-state index contributed by atoms with van der Waals surface area (Å²) >= 11 is 0. The Balaban J connectivity index is -0.000000560. The molecule has 4 aliphatic heterocycles. The number of morpholine rings is 1. The number of hydrogen-bond donors (Lipinski definition) is 1. The van der Waals surface area contributed by atoms with E-state index in [4.69, 9.17) is 18.9 Å². The molecule has 0 spiro atoms. The van der Waals surface area contributed by atoms with E-state index in [1.807, 2.05) is 47.2 Å². The van der Waals surface area contributed by atoms with Crippen molar-refractivity contribution in [3.8, 4) is 0 Å². The van der Waals surface area contributed by atoms with Gasteiger partial charge < -0.3 is 58.6 Å². The molecule has 0 radical (unpaired) electrons. The second kappa shape index (κ2) is 44.2. The van der Waals surface area contributed by atoms with Crippen LogP contribution in [0.4, 0.5) is 0 Å². The van der Waals surface area contributed by atoms with Crippen LogP contribution >= 0.6 is 0 Å². The highest BCUT2D eigenvalue weighted by atomic mass is 16.5. The molecule has 0 aromatic rings.